The molecular formula is C23H24N2O4. The maximum absolute atomic E-state index is 13.3. The van der Waals surface area contributed by atoms with E-state index in [0.717, 1.165) is 12.0 Å². The van der Waals surface area contributed by atoms with E-state index < -0.39 is 11.9 Å². The molecule has 2 aromatic carbocycles. The van der Waals surface area contributed by atoms with Crippen LogP contribution in [0, 0.1) is 12.8 Å². The van der Waals surface area contributed by atoms with Gasteiger partial charge in [0.25, 0.3) is 5.91 Å². The largest absolute Gasteiger partial charge is 0.481 e. The molecular weight excluding hydrogens is 368 g/mol. The SMILES string of the molecule is Cc1ccc(C(=O)N2CCCC(C(=O)N3CC(C(=O)O)c4ccccc43)C2)cc1. The smallest absolute Gasteiger partial charge is 0.312 e. The Bertz CT molecular complexity index is 954. The van der Waals surface area contributed by atoms with Crippen molar-refractivity contribution in [1.29, 1.82) is 0 Å². The lowest BCUT2D eigenvalue weighted by Gasteiger charge is -2.34. The molecule has 0 bridgehead atoms. The van der Waals surface area contributed by atoms with E-state index in [0.29, 0.717) is 36.3 Å². The lowest BCUT2D eigenvalue weighted by Crippen LogP contribution is -2.46. The number of benzene rings is 2. The van der Waals surface area contributed by atoms with Crippen LogP contribution in [0.3, 0.4) is 0 Å². The van der Waals surface area contributed by atoms with Crippen LogP contribution in [0.4, 0.5) is 5.69 Å². The first-order chi connectivity index (χ1) is 14.0. The Hall–Kier alpha value is -3.15. The number of para-hydroxylation sites is 1. The van der Waals surface area contributed by atoms with Crippen molar-refractivity contribution in [1.82, 2.24) is 4.90 Å². The van der Waals surface area contributed by atoms with Crippen LogP contribution >= 0.6 is 0 Å². The summed E-state index contributed by atoms with van der Waals surface area (Å²) in [7, 11) is 0. The number of aliphatic carboxylic acids is 1. The highest BCUT2D eigenvalue weighted by Gasteiger charge is 2.40. The molecule has 1 N–H and O–H groups in total. The van der Waals surface area contributed by atoms with Gasteiger partial charge < -0.3 is 14.9 Å². The Kier molecular flexibility index (Phi) is 5.09. The molecule has 2 unspecified atom stereocenters. The molecule has 0 aromatic heterocycles. The van der Waals surface area contributed by atoms with Crippen molar-refractivity contribution in [3.05, 3.63) is 65.2 Å². The molecule has 1 fully saturated rings. The van der Waals surface area contributed by atoms with Gasteiger partial charge in [0.15, 0.2) is 0 Å². The second kappa shape index (κ2) is 7.70. The van der Waals surface area contributed by atoms with Crippen molar-refractivity contribution in [2.45, 2.75) is 25.7 Å². The van der Waals surface area contributed by atoms with E-state index in [1.54, 1.807) is 28.0 Å². The topological polar surface area (TPSA) is 77.9 Å². The molecule has 0 saturated carbocycles. The number of carboxylic acid groups (broad SMARTS) is 1. The number of hydrogen-bond donors (Lipinski definition) is 1. The molecule has 150 valence electrons. The molecule has 2 aromatic rings. The summed E-state index contributed by atoms with van der Waals surface area (Å²) in [4.78, 5) is 41.1. The zero-order valence-corrected chi connectivity index (χ0v) is 16.4. The molecule has 29 heavy (non-hydrogen) atoms. The molecule has 6 nitrogen and oxygen atoms in total. The Balaban J connectivity index is 1.51. The van der Waals surface area contributed by atoms with Crippen molar-refractivity contribution < 1.29 is 19.5 Å². The van der Waals surface area contributed by atoms with Crippen molar-refractivity contribution in [2.24, 2.45) is 5.92 Å². The number of nitrogens with zero attached hydrogens (tertiary/aromatic N) is 2. The minimum Gasteiger partial charge on any atom is -0.481 e. The Morgan fingerprint density at radius 1 is 1.00 bits per heavy atom. The predicted octanol–water partition coefficient (Wildman–Crippen LogP) is 3.06. The number of rotatable bonds is 3. The van der Waals surface area contributed by atoms with Crippen LogP contribution < -0.4 is 4.90 Å². The Morgan fingerprint density at radius 2 is 1.72 bits per heavy atom. The summed E-state index contributed by atoms with van der Waals surface area (Å²) < 4.78 is 0. The summed E-state index contributed by atoms with van der Waals surface area (Å²) in [5.41, 5.74) is 3.07. The van der Waals surface area contributed by atoms with Gasteiger partial charge in [-0.15, -0.1) is 0 Å². The fourth-order valence-electron chi connectivity index (χ4n) is 4.29. The molecule has 0 aliphatic carbocycles. The van der Waals surface area contributed by atoms with Gasteiger partial charge in [-0.3, -0.25) is 14.4 Å². The number of hydrogen-bond acceptors (Lipinski definition) is 3. The fourth-order valence-corrected chi connectivity index (χ4v) is 4.29. The van der Waals surface area contributed by atoms with E-state index in [1.165, 1.54) is 0 Å². The van der Waals surface area contributed by atoms with Crippen LogP contribution in [0.2, 0.25) is 0 Å². The van der Waals surface area contributed by atoms with Gasteiger partial charge in [-0.05, 0) is 43.5 Å². The number of piperidine rings is 1. The first-order valence-electron chi connectivity index (χ1n) is 9.94. The van der Waals surface area contributed by atoms with Gasteiger partial charge in [0, 0.05) is 30.9 Å². The number of aryl methyl sites for hydroxylation is 1. The van der Waals surface area contributed by atoms with Crippen LogP contribution in [0.25, 0.3) is 0 Å². The zero-order chi connectivity index (χ0) is 20.5. The maximum Gasteiger partial charge on any atom is 0.312 e. The van der Waals surface area contributed by atoms with E-state index in [9.17, 15) is 19.5 Å². The van der Waals surface area contributed by atoms with Crippen molar-refractivity contribution in [3.63, 3.8) is 0 Å². The summed E-state index contributed by atoms with van der Waals surface area (Å²) in [6.45, 7) is 3.12. The van der Waals surface area contributed by atoms with Gasteiger partial charge in [-0.1, -0.05) is 35.9 Å². The van der Waals surface area contributed by atoms with Gasteiger partial charge >= 0.3 is 5.97 Å². The van der Waals surface area contributed by atoms with Crippen LogP contribution in [0.1, 0.15) is 40.2 Å². The second-order valence-corrected chi connectivity index (χ2v) is 7.85. The standard InChI is InChI=1S/C23H24N2O4/c1-15-8-10-16(11-9-15)21(26)24-12-4-5-17(13-24)22(27)25-14-19(23(28)29)18-6-2-3-7-20(18)25/h2-3,6-11,17,19H,4-5,12-14H2,1H3,(H,28,29). The molecule has 0 radical (unpaired) electrons. The molecule has 2 amide bonds. The molecule has 2 heterocycles. The molecule has 2 aliphatic rings. The summed E-state index contributed by atoms with van der Waals surface area (Å²) in [6.07, 6.45) is 1.46. The average molecular weight is 392 g/mol. The molecule has 0 spiro atoms. The molecule has 1 saturated heterocycles. The summed E-state index contributed by atoms with van der Waals surface area (Å²) in [5, 5.41) is 9.54. The van der Waals surface area contributed by atoms with Gasteiger partial charge in [0.1, 0.15) is 5.92 Å². The summed E-state index contributed by atoms with van der Waals surface area (Å²) in [6, 6.07) is 14.6. The first-order valence-corrected chi connectivity index (χ1v) is 9.94. The van der Waals surface area contributed by atoms with Crippen molar-refractivity contribution in [2.75, 3.05) is 24.5 Å². The zero-order valence-electron chi connectivity index (χ0n) is 16.4. The van der Waals surface area contributed by atoms with Gasteiger partial charge in [0.2, 0.25) is 5.91 Å². The number of carboxylic acids is 1. The summed E-state index contributed by atoms with van der Waals surface area (Å²) in [5.74, 6) is -2.11. The molecule has 2 atom stereocenters. The fraction of sp³-hybridized carbons (Fsp3) is 0.348. The van der Waals surface area contributed by atoms with Crippen LogP contribution in [0.5, 0.6) is 0 Å². The lowest BCUT2D eigenvalue weighted by molar-refractivity contribution is -0.138. The van der Waals surface area contributed by atoms with Gasteiger partial charge in [0.05, 0.1) is 5.92 Å². The number of likely N-dealkylation sites (tertiary alicyclic amines) is 1. The van der Waals surface area contributed by atoms with Crippen LogP contribution in [0.15, 0.2) is 48.5 Å². The van der Waals surface area contributed by atoms with Crippen LogP contribution in [-0.4, -0.2) is 47.4 Å². The third-order valence-corrected chi connectivity index (χ3v) is 5.89. The monoisotopic (exact) mass is 392 g/mol. The Labute approximate surface area is 169 Å². The van der Waals surface area contributed by atoms with Crippen molar-refractivity contribution in [3.8, 4) is 0 Å². The maximum atomic E-state index is 13.3. The number of fused-ring (bicyclic) bond motifs is 1. The third-order valence-electron chi connectivity index (χ3n) is 5.89. The minimum absolute atomic E-state index is 0.0623. The number of anilines is 1. The van der Waals surface area contributed by atoms with Gasteiger partial charge in [-0.2, -0.15) is 0 Å². The normalized spacial score (nSPS) is 21.0. The first kappa shape index (κ1) is 19.2. The molecule has 6 heteroatoms. The third kappa shape index (κ3) is 3.62. The van der Waals surface area contributed by atoms with E-state index in [-0.39, 0.29) is 24.3 Å². The van der Waals surface area contributed by atoms with Crippen molar-refractivity contribution >= 4 is 23.5 Å². The van der Waals surface area contributed by atoms with E-state index in [1.807, 2.05) is 37.3 Å². The minimum atomic E-state index is -0.924. The average Bonchev–Trinajstić information content (AvgIpc) is 3.13. The highest BCUT2D eigenvalue weighted by Crippen LogP contribution is 2.37. The molecule has 4 rings (SSSR count). The van der Waals surface area contributed by atoms with Gasteiger partial charge in [-0.25, -0.2) is 0 Å². The van der Waals surface area contributed by atoms with E-state index >= 15 is 0 Å². The second-order valence-electron chi connectivity index (χ2n) is 7.85. The number of amides is 2. The highest BCUT2D eigenvalue weighted by molar-refractivity contribution is 6.01. The lowest BCUT2D eigenvalue weighted by atomic mass is 9.95. The number of carbonyl (C=O) groups is 3. The van der Waals surface area contributed by atoms with Crippen LogP contribution in [-0.2, 0) is 9.59 Å². The number of carbonyl (C=O) groups excluding carboxylic acids is 2. The summed E-state index contributed by atoms with van der Waals surface area (Å²) >= 11 is 0. The van der Waals surface area contributed by atoms with E-state index in [4.69, 9.17) is 0 Å². The predicted molar refractivity (Wildman–Crippen MR) is 109 cm³/mol. The Morgan fingerprint density at radius 3 is 2.45 bits per heavy atom. The quantitative estimate of drug-likeness (QED) is 0.871. The molecule has 2 aliphatic heterocycles. The highest BCUT2D eigenvalue weighted by atomic mass is 16.4. The van der Waals surface area contributed by atoms with E-state index in [2.05, 4.69) is 0 Å².